The Balaban J connectivity index is 1.24. The van der Waals surface area contributed by atoms with Gasteiger partial charge in [0.25, 0.3) is 11.5 Å². The van der Waals surface area contributed by atoms with E-state index in [-0.39, 0.29) is 11.5 Å². The molecule has 0 aliphatic carbocycles. The third kappa shape index (κ3) is 4.49. The van der Waals surface area contributed by atoms with Crippen molar-refractivity contribution in [2.24, 2.45) is 11.8 Å². The summed E-state index contributed by atoms with van der Waals surface area (Å²) in [5.74, 6) is 2.22. The van der Waals surface area contributed by atoms with E-state index in [2.05, 4.69) is 53.3 Å². The van der Waals surface area contributed by atoms with Gasteiger partial charge in [0.15, 0.2) is 0 Å². The second-order valence-corrected chi connectivity index (χ2v) is 11.0. The molecule has 6 nitrogen and oxygen atoms in total. The van der Waals surface area contributed by atoms with E-state index in [1.54, 1.807) is 4.57 Å². The van der Waals surface area contributed by atoms with Gasteiger partial charge in [0, 0.05) is 39.1 Å². The topological polar surface area (TPSA) is 67.2 Å². The quantitative estimate of drug-likeness (QED) is 0.617. The van der Waals surface area contributed by atoms with Crippen molar-refractivity contribution >= 4 is 27.5 Å². The van der Waals surface area contributed by atoms with E-state index in [1.807, 2.05) is 6.92 Å². The first-order valence-corrected chi connectivity index (χ1v) is 12.8. The molecule has 1 aromatic carbocycles. The number of carbonyl (C=O) groups is 1. The molecule has 2 aromatic heterocycles. The van der Waals surface area contributed by atoms with Crippen LogP contribution in [0.15, 0.2) is 29.1 Å². The second kappa shape index (κ2) is 9.03. The van der Waals surface area contributed by atoms with Crippen LogP contribution in [-0.4, -0.2) is 33.4 Å². The van der Waals surface area contributed by atoms with E-state index in [9.17, 15) is 9.59 Å². The average molecular weight is 465 g/mol. The zero-order valence-electron chi connectivity index (χ0n) is 19.7. The van der Waals surface area contributed by atoms with Crippen LogP contribution >= 0.6 is 11.3 Å². The lowest BCUT2D eigenvalue weighted by Crippen LogP contribution is -2.38. The molecule has 0 bridgehead atoms. The van der Waals surface area contributed by atoms with Gasteiger partial charge in [-0.3, -0.25) is 19.1 Å². The molecular weight excluding hydrogens is 432 g/mol. The Morgan fingerprint density at radius 2 is 1.85 bits per heavy atom. The van der Waals surface area contributed by atoms with Crippen LogP contribution in [0.2, 0.25) is 0 Å². The van der Waals surface area contributed by atoms with Gasteiger partial charge in [0.2, 0.25) is 0 Å². The Morgan fingerprint density at radius 1 is 1.15 bits per heavy atom. The fraction of sp³-hybridized carbons (Fsp3) is 0.500. The molecule has 0 saturated carbocycles. The minimum Gasteiger partial charge on any atom is -0.347 e. The highest BCUT2D eigenvalue weighted by Gasteiger charge is 2.24. The molecule has 0 spiro atoms. The van der Waals surface area contributed by atoms with Gasteiger partial charge in [-0.05, 0) is 48.3 Å². The van der Waals surface area contributed by atoms with E-state index in [0.717, 1.165) is 67.8 Å². The summed E-state index contributed by atoms with van der Waals surface area (Å²) in [5.41, 5.74) is 3.12. The average Bonchev–Trinajstić information content (AvgIpc) is 3.37. The van der Waals surface area contributed by atoms with Crippen molar-refractivity contribution in [3.63, 3.8) is 0 Å². The van der Waals surface area contributed by atoms with E-state index < -0.39 is 0 Å². The van der Waals surface area contributed by atoms with Crippen molar-refractivity contribution in [3.05, 3.63) is 62.0 Å². The van der Waals surface area contributed by atoms with Gasteiger partial charge >= 0.3 is 0 Å². The summed E-state index contributed by atoms with van der Waals surface area (Å²) in [4.78, 5) is 34.3. The minimum absolute atomic E-state index is 0.00613. The van der Waals surface area contributed by atoms with E-state index in [0.29, 0.717) is 21.6 Å². The highest BCUT2D eigenvalue weighted by Crippen LogP contribution is 2.28. The molecule has 5 rings (SSSR count). The number of amides is 1. The van der Waals surface area contributed by atoms with Gasteiger partial charge in [-0.2, -0.15) is 0 Å². The predicted molar refractivity (Wildman–Crippen MR) is 133 cm³/mol. The van der Waals surface area contributed by atoms with E-state index in [1.165, 1.54) is 23.3 Å². The SMILES string of the molecule is Cc1c(C(=O)NCc2ccc(CN3CC(C)CC(C)C3)cc2)sc2nc3n(c(=O)c12)CCC3. The molecule has 174 valence electrons. The summed E-state index contributed by atoms with van der Waals surface area (Å²) in [6.45, 7) is 11.0. The summed E-state index contributed by atoms with van der Waals surface area (Å²) in [6, 6.07) is 8.54. The highest BCUT2D eigenvalue weighted by molar-refractivity contribution is 7.20. The van der Waals surface area contributed by atoms with E-state index in [4.69, 9.17) is 0 Å². The number of piperidine rings is 1. The third-order valence-electron chi connectivity index (χ3n) is 6.94. The summed E-state index contributed by atoms with van der Waals surface area (Å²) in [7, 11) is 0. The zero-order valence-corrected chi connectivity index (χ0v) is 20.5. The number of aryl methyl sites for hydroxylation is 2. The first kappa shape index (κ1) is 22.3. The van der Waals surface area contributed by atoms with Crippen molar-refractivity contribution in [1.29, 1.82) is 0 Å². The molecule has 0 radical (unpaired) electrons. The molecule has 7 heteroatoms. The molecule has 4 heterocycles. The van der Waals surface area contributed by atoms with Gasteiger partial charge in [0.05, 0.1) is 10.3 Å². The fourth-order valence-electron chi connectivity index (χ4n) is 5.50. The van der Waals surface area contributed by atoms with Crippen LogP contribution in [0.4, 0.5) is 0 Å². The molecule has 33 heavy (non-hydrogen) atoms. The molecule has 1 saturated heterocycles. The van der Waals surface area contributed by atoms with Crippen LogP contribution in [0.3, 0.4) is 0 Å². The number of rotatable bonds is 5. The molecule has 2 aliphatic heterocycles. The molecule has 2 unspecified atom stereocenters. The largest absolute Gasteiger partial charge is 0.347 e. The minimum atomic E-state index is -0.138. The summed E-state index contributed by atoms with van der Waals surface area (Å²) in [5, 5.41) is 3.63. The maximum absolute atomic E-state index is 12.9. The Labute approximate surface area is 198 Å². The molecule has 1 fully saturated rings. The number of carbonyl (C=O) groups excluding carboxylic acids is 1. The van der Waals surface area contributed by atoms with Crippen LogP contribution in [0.1, 0.15) is 58.9 Å². The lowest BCUT2D eigenvalue weighted by atomic mass is 9.91. The third-order valence-corrected chi connectivity index (χ3v) is 8.13. The Bertz CT molecular complexity index is 1230. The summed E-state index contributed by atoms with van der Waals surface area (Å²) < 4.78 is 1.76. The standard InChI is InChI=1S/C26H32N4O2S/c1-16-11-17(2)14-29(13-16)15-20-8-6-19(7-9-20)12-27-24(31)23-18(3)22-25(33-23)28-21-5-4-10-30(21)26(22)32/h6-9,16-17H,4-5,10-15H2,1-3H3,(H,27,31). The summed E-state index contributed by atoms with van der Waals surface area (Å²) >= 11 is 1.33. The number of nitrogens with one attached hydrogen (secondary N) is 1. The number of likely N-dealkylation sites (tertiary alicyclic amines) is 1. The lowest BCUT2D eigenvalue weighted by molar-refractivity contribution is 0.0954. The first-order valence-electron chi connectivity index (χ1n) is 12.0. The maximum Gasteiger partial charge on any atom is 0.262 e. The second-order valence-electron chi connectivity index (χ2n) is 9.96. The van der Waals surface area contributed by atoms with Gasteiger partial charge in [-0.15, -0.1) is 11.3 Å². The normalized spacial score (nSPS) is 20.8. The Morgan fingerprint density at radius 3 is 2.58 bits per heavy atom. The fourth-order valence-corrected chi connectivity index (χ4v) is 6.60. The predicted octanol–water partition coefficient (Wildman–Crippen LogP) is 4.12. The maximum atomic E-state index is 12.9. The van der Waals surface area contributed by atoms with Gasteiger partial charge < -0.3 is 5.32 Å². The molecule has 3 aromatic rings. The number of thiophene rings is 1. The number of hydrogen-bond donors (Lipinski definition) is 1. The first-order chi connectivity index (χ1) is 15.9. The number of fused-ring (bicyclic) bond motifs is 2. The highest BCUT2D eigenvalue weighted by atomic mass is 32.1. The van der Waals surface area contributed by atoms with Gasteiger partial charge in [0.1, 0.15) is 10.7 Å². The molecule has 1 amide bonds. The van der Waals surface area contributed by atoms with Crippen LogP contribution in [-0.2, 0) is 26.1 Å². The van der Waals surface area contributed by atoms with Crippen molar-refractivity contribution in [3.8, 4) is 0 Å². The molecule has 2 atom stereocenters. The van der Waals surface area contributed by atoms with Crippen molar-refractivity contribution in [1.82, 2.24) is 19.8 Å². The summed E-state index contributed by atoms with van der Waals surface area (Å²) in [6.07, 6.45) is 3.11. The van der Waals surface area contributed by atoms with Crippen molar-refractivity contribution in [2.45, 2.75) is 59.7 Å². The zero-order chi connectivity index (χ0) is 23.1. The monoisotopic (exact) mass is 464 g/mol. The number of nitrogens with zero attached hydrogens (tertiary/aromatic N) is 3. The number of aromatic nitrogens is 2. The molecular formula is C26H32N4O2S. The van der Waals surface area contributed by atoms with Gasteiger partial charge in [-0.1, -0.05) is 38.1 Å². The van der Waals surface area contributed by atoms with Crippen molar-refractivity contribution in [2.75, 3.05) is 13.1 Å². The smallest absolute Gasteiger partial charge is 0.262 e. The molecule has 1 N–H and O–H groups in total. The Kier molecular flexibility index (Phi) is 6.10. The van der Waals surface area contributed by atoms with E-state index >= 15 is 0 Å². The van der Waals surface area contributed by atoms with Crippen LogP contribution in [0.25, 0.3) is 10.2 Å². The number of hydrogen-bond acceptors (Lipinski definition) is 5. The van der Waals surface area contributed by atoms with Crippen LogP contribution in [0, 0.1) is 18.8 Å². The number of benzene rings is 1. The molecule has 2 aliphatic rings. The van der Waals surface area contributed by atoms with Gasteiger partial charge in [-0.25, -0.2) is 4.98 Å². The lowest BCUT2D eigenvalue weighted by Gasteiger charge is -2.35. The van der Waals surface area contributed by atoms with Crippen LogP contribution < -0.4 is 10.9 Å². The van der Waals surface area contributed by atoms with Crippen molar-refractivity contribution < 1.29 is 4.79 Å². The Hall–Kier alpha value is -2.51. The van der Waals surface area contributed by atoms with Crippen LogP contribution in [0.5, 0.6) is 0 Å².